The lowest BCUT2D eigenvalue weighted by atomic mass is 10.1. The summed E-state index contributed by atoms with van der Waals surface area (Å²) in [6.07, 6.45) is -0.149. The molecule has 0 amide bonds. The minimum Gasteiger partial charge on any atom is -0.489 e. The Morgan fingerprint density at radius 3 is 1.33 bits per heavy atom. The van der Waals surface area contributed by atoms with Crippen LogP contribution in [0.15, 0.2) is 109 Å². The van der Waals surface area contributed by atoms with Gasteiger partial charge in [-0.1, -0.05) is 60.7 Å². The molecule has 0 radical (unpaired) electrons. The van der Waals surface area contributed by atoms with Crippen LogP contribution in [-0.4, -0.2) is 62.8 Å². The van der Waals surface area contributed by atoms with Crippen LogP contribution >= 0.6 is 0 Å². The van der Waals surface area contributed by atoms with E-state index in [9.17, 15) is 5.11 Å². The highest BCUT2D eigenvalue weighted by Gasteiger charge is 2.29. The van der Waals surface area contributed by atoms with Crippen molar-refractivity contribution in [2.75, 3.05) is 49.2 Å². The van der Waals surface area contributed by atoms with Crippen molar-refractivity contribution in [3.05, 3.63) is 120 Å². The van der Waals surface area contributed by atoms with Crippen molar-refractivity contribution in [3.8, 4) is 11.5 Å². The van der Waals surface area contributed by atoms with Crippen LogP contribution in [0.25, 0.3) is 0 Å². The van der Waals surface area contributed by atoms with Gasteiger partial charge in [0.15, 0.2) is 0 Å². The minimum atomic E-state index is -0.565. The first-order valence-electron chi connectivity index (χ1n) is 14.6. The Morgan fingerprint density at radius 2 is 0.976 bits per heavy atom. The van der Waals surface area contributed by atoms with E-state index < -0.39 is 6.10 Å². The number of hydrogen-bond acceptors (Lipinski definition) is 7. The fraction of sp³-hybridized carbons (Fsp3) is 0.314. The summed E-state index contributed by atoms with van der Waals surface area (Å²) in [4.78, 5) is 4.44. The molecule has 0 aliphatic carbocycles. The third-order valence-corrected chi connectivity index (χ3v) is 7.42. The van der Waals surface area contributed by atoms with Gasteiger partial charge >= 0.3 is 0 Å². The Balaban J connectivity index is 1.06. The number of hydrogen-bond donors (Lipinski definition) is 1. The molecule has 2 atom stereocenters. The highest BCUT2D eigenvalue weighted by molar-refractivity contribution is 5.50. The summed E-state index contributed by atoms with van der Waals surface area (Å²) in [6.45, 7) is 5.05. The zero-order valence-electron chi connectivity index (χ0n) is 23.8. The van der Waals surface area contributed by atoms with Crippen LogP contribution < -0.4 is 19.3 Å². The van der Waals surface area contributed by atoms with Gasteiger partial charge in [-0.3, -0.25) is 0 Å². The predicted molar refractivity (Wildman–Crippen MR) is 164 cm³/mol. The highest BCUT2D eigenvalue weighted by atomic mass is 16.6. The molecule has 2 unspecified atom stereocenters. The summed E-state index contributed by atoms with van der Waals surface area (Å²) < 4.78 is 22.9. The molecule has 2 aliphatic heterocycles. The molecule has 1 N–H and O–H groups in total. The van der Waals surface area contributed by atoms with E-state index >= 15 is 0 Å². The van der Waals surface area contributed by atoms with Crippen molar-refractivity contribution in [1.82, 2.24) is 0 Å². The lowest BCUT2D eigenvalue weighted by Gasteiger charge is -2.31. The first-order valence-corrected chi connectivity index (χ1v) is 14.6. The SMILES string of the molecule is OC(CN(CC1CO1)c1ccc(COc2ccccc2)cc1)CN(CC1CO1)c1ccc(COc2ccccc2)cc1. The van der Waals surface area contributed by atoms with Gasteiger partial charge in [0.05, 0.1) is 31.5 Å². The third kappa shape index (κ3) is 8.49. The number of rotatable bonds is 16. The topological polar surface area (TPSA) is 70.2 Å². The minimum absolute atomic E-state index is 0.208. The van der Waals surface area contributed by atoms with Gasteiger partial charge in [-0.25, -0.2) is 0 Å². The molecule has 2 heterocycles. The van der Waals surface area contributed by atoms with Gasteiger partial charge in [0, 0.05) is 37.6 Å². The van der Waals surface area contributed by atoms with E-state index in [1.165, 1.54) is 0 Å². The van der Waals surface area contributed by atoms with E-state index in [0.717, 1.165) is 60.3 Å². The fourth-order valence-electron chi connectivity index (χ4n) is 4.95. The fourth-order valence-corrected chi connectivity index (χ4v) is 4.95. The van der Waals surface area contributed by atoms with E-state index in [0.29, 0.717) is 26.3 Å². The number of aliphatic hydroxyl groups excluding tert-OH is 1. The van der Waals surface area contributed by atoms with Gasteiger partial charge in [-0.05, 0) is 59.7 Å². The summed E-state index contributed by atoms with van der Waals surface area (Å²) in [6, 6.07) is 36.4. The maximum atomic E-state index is 11.3. The molecule has 0 bridgehead atoms. The number of aliphatic hydroxyl groups is 1. The van der Waals surface area contributed by atoms with Gasteiger partial charge in [0.25, 0.3) is 0 Å². The third-order valence-electron chi connectivity index (χ3n) is 7.42. The molecule has 0 spiro atoms. The van der Waals surface area contributed by atoms with Crippen LogP contribution in [0.2, 0.25) is 0 Å². The lowest BCUT2D eigenvalue weighted by molar-refractivity contribution is 0.183. The summed E-state index contributed by atoms with van der Waals surface area (Å²) in [5, 5.41) is 11.3. The molecule has 4 aromatic rings. The number of epoxide rings is 2. The van der Waals surface area contributed by atoms with Crippen LogP contribution in [0.4, 0.5) is 11.4 Å². The molecule has 6 rings (SSSR count). The van der Waals surface area contributed by atoms with Crippen molar-refractivity contribution in [3.63, 3.8) is 0 Å². The number of para-hydroxylation sites is 2. The lowest BCUT2D eigenvalue weighted by Crippen LogP contribution is -2.43. The maximum Gasteiger partial charge on any atom is 0.119 e. The zero-order chi connectivity index (χ0) is 28.6. The van der Waals surface area contributed by atoms with E-state index in [1.807, 2.05) is 60.7 Å². The van der Waals surface area contributed by atoms with Crippen molar-refractivity contribution >= 4 is 11.4 Å². The standard InChI is InChI=1S/C35H38N2O5/c38-31(19-36(21-34-25-41-34)29-15-11-27(12-16-29)23-39-32-7-3-1-4-8-32)20-37(22-35-26-42-35)30-17-13-28(14-18-30)24-40-33-9-5-2-6-10-33/h1-18,31,34-35,38H,19-26H2. The quantitative estimate of drug-likeness (QED) is 0.184. The molecule has 42 heavy (non-hydrogen) atoms. The Hall–Kier alpha value is -4.04. The van der Waals surface area contributed by atoms with Crippen LogP contribution in [0.5, 0.6) is 11.5 Å². The molecule has 4 aromatic carbocycles. The second-order valence-electron chi connectivity index (χ2n) is 10.9. The first kappa shape index (κ1) is 28.1. The first-order chi connectivity index (χ1) is 20.7. The maximum absolute atomic E-state index is 11.3. The highest BCUT2D eigenvalue weighted by Crippen LogP contribution is 2.24. The van der Waals surface area contributed by atoms with Gasteiger partial charge in [-0.2, -0.15) is 0 Å². The molecule has 0 saturated carbocycles. The number of benzene rings is 4. The molecule has 218 valence electrons. The van der Waals surface area contributed by atoms with E-state index in [2.05, 4.69) is 58.3 Å². The zero-order valence-corrected chi connectivity index (χ0v) is 23.8. The van der Waals surface area contributed by atoms with Crippen molar-refractivity contribution < 1.29 is 24.1 Å². The Labute approximate surface area is 247 Å². The number of anilines is 2. The molecule has 2 aliphatic rings. The summed E-state index contributed by atoms with van der Waals surface area (Å²) >= 11 is 0. The predicted octanol–water partition coefficient (Wildman–Crippen LogP) is 5.32. The normalized spacial score (nSPS) is 17.7. The molecule has 2 fully saturated rings. The van der Waals surface area contributed by atoms with Crippen LogP contribution in [0, 0.1) is 0 Å². The molecule has 2 saturated heterocycles. The van der Waals surface area contributed by atoms with Gasteiger partial charge in [0.1, 0.15) is 24.7 Å². The van der Waals surface area contributed by atoms with Crippen LogP contribution in [-0.2, 0) is 22.7 Å². The molecule has 7 heteroatoms. The summed E-state index contributed by atoms with van der Waals surface area (Å²) in [7, 11) is 0. The van der Waals surface area contributed by atoms with E-state index in [4.69, 9.17) is 18.9 Å². The molecular formula is C35H38N2O5. The van der Waals surface area contributed by atoms with Gasteiger partial charge in [-0.15, -0.1) is 0 Å². The summed E-state index contributed by atoms with van der Waals surface area (Å²) in [5.41, 5.74) is 4.32. The molecular weight excluding hydrogens is 528 g/mol. The van der Waals surface area contributed by atoms with Crippen molar-refractivity contribution in [1.29, 1.82) is 0 Å². The molecule has 0 aromatic heterocycles. The van der Waals surface area contributed by atoms with Gasteiger partial charge < -0.3 is 33.9 Å². The second kappa shape index (κ2) is 13.7. The largest absolute Gasteiger partial charge is 0.489 e. The van der Waals surface area contributed by atoms with Crippen molar-refractivity contribution in [2.24, 2.45) is 0 Å². The number of nitrogens with zero attached hydrogens (tertiary/aromatic N) is 2. The summed E-state index contributed by atoms with van der Waals surface area (Å²) in [5.74, 6) is 1.71. The molecule has 7 nitrogen and oxygen atoms in total. The Bertz CT molecular complexity index is 1250. The smallest absolute Gasteiger partial charge is 0.119 e. The average molecular weight is 567 g/mol. The van der Waals surface area contributed by atoms with E-state index in [-0.39, 0.29) is 12.2 Å². The number of ether oxygens (including phenoxy) is 4. The van der Waals surface area contributed by atoms with Gasteiger partial charge in [0.2, 0.25) is 0 Å². The Morgan fingerprint density at radius 1 is 0.595 bits per heavy atom. The van der Waals surface area contributed by atoms with Crippen LogP contribution in [0.3, 0.4) is 0 Å². The second-order valence-corrected chi connectivity index (χ2v) is 10.9. The Kier molecular flexibility index (Phi) is 9.20. The van der Waals surface area contributed by atoms with E-state index in [1.54, 1.807) is 0 Å². The van der Waals surface area contributed by atoms with Crippen LogP contribution in [0.1, 0.15) is 11.1 Å². The monoisotopic (exact) mass is 566 g/mol. The van der Waals surface area contributed by atoms with Crippen molar-refractivity contribution in [2.45, 2.75) is 31.5 Å². The average Bonchev–Trinajstić information content (AvgIpc) is 3.98.